The van der Waals surface area contributed by atoms with E-state index in [2.05, 4.69) is 14.9 Å². The molecule has 9 heteroatoms. The third-order valence-corrected chi connectivity index (χ3v) is 3.93. The minimum Gasteiger partial charge on any atom is -0.505 e. The summed E-state index contributed by atoms with van der Waals surface area (Å²) in [5, 5.41) is 27.6. The van der Waals surface area contributed by atoms with Gasteiger partial charge >= 0.3 is 5.97 Å². The van der Waals surface area contributed by atoms with E-state index in [9.17, 15) is 18.7 Å². The van der Waals surface area contributed by atoms with Gasteiger partial charge < -0.3 is 10.2 Å². The van der Waals surface area contributed by atoms with Crippen LogP contribution in [0.15, 0.2) is 22.8 Å². The number of pyridine rings is 1. The van der Waals surface area contributed by atoms with Gasteiger partial charge in [0.2, 0.25) is 0 Å². The van der Waals surface area contributed by atoms with Crippen molar-refractivity contribution in [2.45, 2.75) is 32.4 Å². The Morgan fingerprint density at radius 3 is 2.83 bits per heavy atom. The second-order valence-corrected chi connectivity index (χ2v) is 5.46. The second kappa shape index (κ2) is 7.45. The first-order valence-electron chi connectivity index (χ1n) is 7.09. The molecule has 1 saturated carbocycles. The number of aromatic nitrogens is 1. The predicted octanol–water partition coefficient (Wildman–Crippen LogP) is 2.52. The van der Waals surface area contributed by atoms with Crippen LogP contribution < -0.4 is 0 Å². The van der Waals surface area contributed by atoms with Crippen molar-refractivity contribution in [3.05, 3.63) is 34.7 Å². The lowest BCUT2D eigenvalue weighted by Crippen LogP contribution is -2.10. The lowest BCUT2D eigenvalue weighted by atomic mass is 10.1. The third-order valence-electron chi connectivity index (χ3n) is 3.93. The van der Waals surface area contributed by atoms with E-state index in [1.165, 1.54) is 12.4 Å². The van der Waals surface area contributed by atoms with Crippen LogP contribution in [0.2, 0.25) is 0 Å². The van der Waals surface area contributed by atoms with Crippen LogP contribution in [0.1, 0.15) is 29.7 Å². The van der Waals surface area contributed by atoms with Gasteiger partial charge in [0, 0.05) is 29.1 Å². The molecule has 130 valence electrons. The van der Waals surface area contributed by atoms with Crippen molar-refractivity contribution < 1.29 is 33.9 Å². The molecule has 7 nitrogen and oxygen atoms in total. The molecule has 0 amide bonds. The van der Waals surface area contributed by atoms with Gasteiger partial charge in [-0.2, -0.15) is 8.78 Å². The minimum atomic E-state index is -1.94. The van der Waals surface area contributed by atoms with Crippen molar-refractivity contribution >= 4 is 12.2 Å². The molecule has 1 aromatic rings. The molecule has 1 aromatic heterocycles. The Kier molecular flexibility index (Phi) is 5.58. The van der Waals surface area contributed by atoms with Crippen molar-refractivity contribution in [2.75, 3.05) is 0 Å². The van der Waals surface area contributed by atoms with E-state index in [1.807, 2.05) is 0 Å². The zero-order chi connectivity index (χ0) is 17.9. The Bertz CT molecular complexity index is 701. The Balaban J connectivity index is 2.35. The summed E-state index contributed by atoms with van der Waals surface area (Å²) in [6.45, 7) is 1.27. The molecular weight excluding hydrogens is 326 g/mol. The van der Waals surface area contributed by atoms with E-state index in [1.54, 1.807) is 6.92 Å². The number of carboxylic acid groups (broad SMARTS) is 1. The summed E-state index contributed by atoms with van der Waals surface area (Å²) in [5.74, 6) is -2.28. The summed E-state index contributed by atoms with van der Waals surface area (Å²) in [6, 6.07) is -0.980. The number of carbonyl (C=O) groups is 1. The van der Waals surface area contributed by atoms with Gasteiger partial charge in [0.05, 0.1) is 17.7 Å². The van der Waals surface area contributed by atoms with Crippen molar-refractivity contribution in [1.29, 1.82) is 0 Å². The first-order chi connectivity index (χ1) is 11.3. The Hall–Kier alpha value is -2.39. The molecule has 0 spiro atoms. The molecule has 1 aliphatic rings. The van der Waals surface area contributed by atoms with Gasteiger partial charge in [0.25, 0.3) is 6.08 Å². The molecule has 24 heavy (non-hydrogen) atoms. The van der Waals surface area contributed by atoms with Gasteiger partial charge in [0.1, 0.15) is 12.4 Å². The average Bonchev–Trinajstić information content (AvgIpc) is 2.95. The highest BCUT2D eigenvalue weighted by atomic mass is 19.3. The highest BCUT2D eigenvalue weighted by molar-refractivity contribution is 5.86. The van der Waals surface area contributed by atoms with Crippen LogP contribution in [-0.4, -0.2) is 38.7 Å². The van der Waals surface area contributed by atoms with Gasteiger partial charge in [-0.3, -0.25) is 20.0 Å². The average molecular weight is 342 g/mol. The molecule has 1 fully saturated rings. The normalized spacial score (nSPS) is 20.8. The lowest BCUT2D eigenvalue weighted by Gasteiger charge is -2.10. The summed E-state index contributed by atoms with van der Waals surface area (Å²) in [7, 11) is 0. The molecule has 0 bridgehead atoms. The topological polar surface area (TPSA) is 112 Å². The number of hydrogen-bond donors (Lipinski definition) is 3. The summed E-state index contributed by atoms with van der Waals surface area (Å²) in [4.78, 5) is 23.0. The maximum Gasteiger partial charge on any atom is 0.306 e. The Labute approximate surface area is 135 Å². The number of rotatable bonds is 5. The van der Waals surface area contributed by atoms with Gasteiger partial charge in [0.15, 0.2) is 0 Å². The fourth-order valence-electron chi connectivity index (χ4n) is 2.58. The quantitative estimate of drug-likeness (QED) is 0.431. The van der Waals surface area contributed by atoms with E-state index in [-0.39, 0.29) is 36.3 Å². The number of aromatic hydroxyl groups is 1. The standard InChI is InChI=1S/C15H16F2N2O5/c1-7-13(20)11(9(4-18-7)6-24-23)5-19-12-3-8(15(21)22)2-10(12)14(16)17/h4-5,8,12,20,23H,2-3,6H2,1H3,(H,21,22)/t8?,12-/m0/s1. The number of aryl methyl sites for hydroxylation is 1. The van der Waals surface area contributed by atoms with E-state index in [0.29, 0.717) is 11.3 Å². The zero-order valence-electron chi connectivity index (χ0n) is 12.7. The Morgan fingerprint density at radius 2 is 2.25 bits per heavy atom. The van der Waals surface area contributed by atoms with Crippen LogP contribution in [0.3, 0.4) is 0 Å². The molecule has 0 radical (unpaired) electrons. The van der Waals surface area contributed by atoms with Crippen molar-refractivity contribution in [1.82, 2.24) is 4.98 Å². The van der Waals surface area contributed by atoms with Crippen molar-refractivity contribution in [3.63, 3.8) is 0 Å². The first kappa shape index (κ1) is 18.0. The predicted molar refractivity (Wildman–Crippen MR) is 79.0 cm³/mol. The molecule has 0 aliphatic heterocycles. The first-order valence-corrected chi connectivity index (χ1v) is 7.09. The molecule has 2 atom stereocenters. The van der Waals surface area contributed by atoms with Crippen LogP contribution in [0.5, 0.6) is 5.75 Å². The summed E-state index contributed by atoms with van der Waals surface area (Å²) < 4.78 is 26.0. The van der Waals surface area contributed by atoms with Crippen LogP contribution in [-0.2, 0) is 16.3 Å². The molecule has 0 saturated heterocycles. The smallest absolute Gasteiger partial charge is 0.306 e. The highest BCUT2D eigenvalue weighted by Gasteiger charge is 2.36. The number of nitrogens with zero attached hydrogens (tertiary/aromatic N) is 2. The summed E-state index contributed by atoms with van der Waals surface area (Å²) in [5.41, 5.74) is 0.460. The number of aliphatic carboxylic acids is 1. The fraction of sp³-hybridized carbons (Fsp3) is 0.400. The maximum absolute atomic E-state index is 13.0. The SMILES string of the molecule is Cc1ncc(COO)c(C=N[C@H]2CC(C(=O)O)CC2=C(F)F)c1O. The molecule has 1 heterocycles. The molecule has 1 aliphatic carbocycles. The van der Waals surface area contributed by atoms with Gasteiger partial charge in [-0.1, -0.05) is 0 Å². The van der Waals surface area contributed by atoms with Crippen LogP contribution in [0.25, 0.3) is 0 Å². The largest absolute Gasteiger partial charge is 0.505 e. The number of carboxylic acids is 1. The lowest BCUT2D eigenvalue weighted by molar-refractivity contribution is -0.253. The Morgan fingerprint density at radius 1 is 1.54 bits per heavy atom. The maximum atomic E-state index is 13.0. The van der Waals surface area contributed by atoms with E-state index in [0.717, 1.165) is 0 Å². The van der Waals surface area contributed by atoms with Crippen LogP contribution in [0.4, 0.5) is 8.78 Å². The zero-order valence-corrected chi connectivity index (χ0v) is 12.7. The summed E-state index contributed by atoms with van der Waals surface area (Å²) in [6.07, 6.45) is 0.294. The monoisotopic (exact) mass is 342 g/mol. The fourth-order valence-corrected chi connectivity index (χ4v) is 2.58. The van der Waals surface area contributed by atoms with Crippen LogP contribution >= 0.6 is 0 Å². The van der Waals surface area contributed by atoms with E-state index >= 15 is 0 Å². The molecular formula is C15H16F2N2O5. The molecule has 1 unspecified atom stereocenters. The number of hydrogen-bond acceptors (Lipinski definition) is 6. The minimum absolute atomic E-state index is 0.0465. The molecule has 0 aromatic carbocycles. The van der Waals surface area contributed by atoms with Gasteiger partial charge in [-0.05, 0) is 19.8 Å². The molecule has 2 rings (SSSR count). The van der Waals surface area contributed by atoms with Crippen LogP contribution in [0, 0.1) is 12.8 Å². The van der Waals surface area contributed by atoms with Crippen molar-refractivity contribution in [2.24, 2.45) is 10.9 Å². The molecule has 3 N–H and O–H groups in total. The van der Waals surface area contributed by atoms with E-state index < -0.39 is 24.0 Å². The number of aliphatic imine (C=N–C) groups is 1. The van der Waals surface area contributed by atoms with Crippen molar-refractivity contribution in [3.8, 4) is 5.75 Å². The second-order valence-electron chi connectivity index (χ2n) is 5.46. The van der Waals surface area contributed by atoms with E-state index in [4.69, 9.17) is 10.4 Å². The number of halogens is 2. The third kappa shape index (κ3) is 3.74. The summed E-state index contributed by atoms with van der Waals surface area (Å²) >= 11 is 0. The van der Waals surface area contributed by atoms with Gasteiger partial charge in [-0.15, -0.1) is 0 Å². The van der Waals surface area contributed by atoms with Gasteiger partial charge in [-0.25, -0.2) is 4.89 Å². The highest BCUT2D eigenvalue weighted by Crippen LogP contribution is 2.36.